The number of anilines is 1. The summed E-state index contributed by atoms with van der Waals surface area (Å²) in [7, 11) is 1.81. The van der Waals surface area contributed by atoms with Gasteiger partial charge < -0.3 is 4.90 Å². The van der Waals surface area contributed by atoms with Crippen LogP contribution in [0.3, 0.4) is 0 Å². The Bertz CT molecular complexity index is 582. The molecule has 1 aromatic heterocycles. The number of aromatic nitrogens is 1. The average Bonchev–Trinajstić information content (AvgIpc) is 2.70. The molecule has 0 unspecified atom stereocenters. The maximum Gasteiger partial charge on any atom is 0.325 e. The molecule has 0 N–H and O–H groups in total. The SMILES string of the molecule is CN1CCN(c2ccc3ccccc3n2)C1=O. The Balaban J connectivity index is 2.04. The summed E-state index contributed by atoms with van der Waals surface area (Å²) in [4.78, 5) is 19.8. The number of fused-ring (bicyclic) bond motifs is 1. The fourth-order valence-corrected chi connectivity index (χ4v) is 2.07. The third kappa shape index (κ3) is 1.62. The molecule has 0 aliphatic carbocycles. The topological polar surface area (TPSA) is 36.4 Å². The molecular formula is C13H13N3O. The van der Waals surface area contributed by atoms with Crippen LogP contribution in [0, 0.1) is 0 Å². The minimum Gasteiger partial charge on any atom is -0.326 e. The van der Waals surface area contributed by atoms with Gasteiger partial charge in [-0.25, -0.2) is 9.78 Å². The average molecular weight is 227 g/mol. The third-order valence-electron chi connectivity index (χ3n) is 3.08. The first kappa shape index (κ1) is 10.1. The van der Waals surface area contributed by atoms with Gasteiger partial charge in [0.15, 0.2) is 0 Å². The second kappa shape index (κ2) is 3.73. The van der Waals surface area contributed by atoms with Gasteiger partial charge in [-0.2, -0.15) is 0 Å². The summed E-state index contributed by atoms with van der Waals surface area (Å²) in [5, 5.41) is 1.09. The first-order valence-corrected chi connectivity index (χ1v) is 5.64. The minimum absolute atomic E-state index is 0.0211. The summed E-state index contributed by atoms with van der Waals surface area (Å²) < 4.78 is 0. The van der Waals surface area contributed by atoms with Crippen LogP contribution in [0.15, 0.2) is 36.4 Å². The zero-order chi connectivity index (χ0) is 11.8. The molecule has 0 spiro atoms. The van der Waals surface area contributed by atoms with Crippen LogP contribution >= 0.6 is 0 Å². The van der Waals surface area contributed by atoms with Crippen molar-refractivity contribution in [2.24, 2.45) is 0 Å². The first-order valence-electron chi connectivity index (χ1n) is 5.64. The van der Waals surface area contributed by atoms with Crippen molar-refractivity contribution in [3.63, 3.8) is 0 Å². The molecule has 0 radical (unpaired) electrons. The van der Waals surface area contributed by atoms with Crippen molar-refractivity contribution in [3.05, 3.63) is 36.4 Å². The Hall–Kier alpha value is -2.10. The number of urea groups is 1. The first-order chi connectivity index (χ1) is 8.25. The Labute approximate surface area is 99.5 Å². The van der Waals surface area contributed by atoms with Gasteiger partial charge in [-0.15, -0.1) is 0 Å². The smallest absolute Gasteiger partial charge is 0.325 e. The number of amides is 2. The van der Waals surface area contributed by atoms with E-state index in [1.165, 1.54) is 0 Å². The molecule has 2 aromatic rings. The van der Waals surface area contributed by atoms with Gasteiger partial charge in [-0.05, 0) is 18.2 Å². The molecule has 3 rings (SSSR count). The van der Waals surface area contributed by atoms with Crippen molar-refractivity contribution >= 4 is 22.8 Å². The van der Waals surface area contributed by atoms with Crippen molar-refractivity contribution in [1.29, 1.82) is 0 Å². The number of rotatable bonds is 1. The van der Waals surface area contributed by atoms with E-state index in [0.717, 1.165) is 23.3 Å². The Morgan fingerprint density at radius 1 is 1.12 bits per heavy atom. The molecule has 1 aliphatic rings. The van der Waals surface area contributed by atoms with E-state index < -0.39 is 0 Å². The van der Waals surface area contributed by atoms with Crippen LogP contribution < -0.4 is 4.90 Å². The molecule has 86 valence electrons. The van der Waals surface area contributed by atoms with Crippen LogP contribution in [0.1, 0.15) is 0 Å². The zero-order valence-electron chi connectivity index (χ0n) is 9.63. The minimum atomic E-state index is 0.0211. The van der Waals surface area contributed by atoms with Crippen molar-refractivity contribution in [2.45, 2.75) is 0 Å². The predicted molar refractivity (Wildman–Crippen MR) is 67.1 cm³/mol. The maximum absolute atomic E-state index is 11.9. The molecule has 1 aromatic carbocycles. The molecule has 2 amide bonds. The number of carbonyl (C=O) groups excluding carboxylic acids is 1. The second-order valence-corrected chi connectivity index (χ2v) is 4.22. The van der Waals surface area contributed by atoms with E-state index in [0.29, 0.717) is 6.54 Å². The summed E-state index contributed by atoms with van der Waals surface area (Å²) in [6, 6.07) is 11.8. The van der Waals surface area contributed by atoms with E-state index in [9.17, 15) is 4.79 Å². The van der Waals surface area contributed by atoms with Gasteiger partial charge in [0, 0.05) is 25.5 Å². The lowest BCUT2D eigenvalue weighted by atomic mass is 10.2. The number of nitrogens with zero attached hydrogens (tertiary/aromatic N) is 3. The lowest BCUT2D eigenvalue weighted by Gasteiger charge is -2.15. The number of benzene rings is 1. The Kier molecular flexibility index (Phi) is 2.21. The molecule has 2 heterocycles. The maximum atomic E-state index is 11.9. The van der Waals surface area contributed by atoms with Gasteiger partial charge in [0.05, 0.1) is 5.52 Å². The van der Waals surface area contributed by atoms with Crippen molar-refractivity contribution in [3.8, 4) is 0 Å². The number of carbonyl (C=O) groups is 1. The summed E-state index contributed by atoms with van der Waals surface area (Å²) >= 11 is 0. The summed E-state index contributed by atoms with van der Waals surface area (Å²) in [5.41, 5.74) is 0.923. The lowest BCUT2D eigenvalue weighted by molar-refractivity contribution is 0.229. The fourth-order valence-electron chi connectivity index (χ4n) is 2.07. The predicted octanol–water partition coefficient (Wildman–Crippen LogP) is 2.11. The van der Waals surface area contributed by atoms with E-state index in [1.807, 2.05) is 43.4 Å². The number of likely N-dealkylation sites (N-methyl/N-ethyl adjacent to an activating group) is 1. The number of hydrogen-bond donors (Lipinski definition) is 0. The Morgan fingerprint density at radius 3 is 2.71 bits per heavy atom. The highest BCUT2D eigenvalue weighted by atomic mass is 16.2. The quantitative estimate of drug-likeness (QED) is 0.748. The Morgan fingerprint density at radius 2 is 1.94 bits per heavy atom. The summed E-state index contributed by atoms with van der Waals surface area (Å²) in [6.45, 7) is 1.47. The van der Waals surface area contributed by atoms with Gasteiger partial charge in [0.25, 0.3) is 0 Å². The number of hydrogen-bond acceptors (Lipinski definition) is 2. The summed E-state index contributed by atoms with van der Waals surface area (Å²) in [6.07, 6.45) is 0. The fraction of sp³-hybridized carbons (Fsp3) is 0.231. The van der Waals surface area contributed by atoms with E-state index in [1.54, 1.807) is 9.80 Å². The van der Waals surface area contributed by atoms with Crippen molar-refractivity contribution < 1.29 is 4.79 Å². The summed E-state index contributed by atoms with van der Waals surface area (Å²) in [5.74, 6) is 0.734. The van der Waals surface area contributed by atoms with Gasteiger partial charge in [0.1, 0.15) is 5.82 Å². The van der Waals surface area contributed by atoms with Crippen LogP contribution in [-0.4, -0.2) is 36.1 Å². The molecule has 1 fully saturated rings. The molecule has 1 aliphatic heterocycles. The van der Waals surface area contributed by atoms with E-state index in [-0.39, 0.29) is 6.03 Å². The second-order valence-electron chi connectivity index (χ2n) is 4.22. The van der Waals surface area contributed by atoms with Gasteiger partial charge >= 0.3 is 6.03 Å². The van der Waals surface area contributed by atoms with Crippen molar-refractivity contribution in [1.82, 2.24) is 9.88 Å². The largest absolute Gasteiger partial charge is 0.326 e. The standard InChI is InChI=1S/C13H13N3O/c1-15-8-9-16(13(15)17)12-7-6-10-4-2-3-5-11(10)14-12/h2-7H,8-9H2,1H3. The highest BCUT2D eigenvalue weighted by Gasteiger charge is 2.27. The lowest BCUT2D eigenvalue weighted by Crippen LogP contribution is -2.29. The number of pyridine rings is 1. The molecule has 17 heavy (non-hydrogen) atoms. The van der Waals surface area contributed by atoms with Gasteiger partial charge in [-0.1, -0.05) is 18.2 Å². The normalized spacial score (nSPS) is 15.9. The molecule has 4 nitrogen and oxygen atoms in total. The third-order valence-corrected chi connectivity index (χ3v) is 3.08. The highest BCUT2D eigenvalue weighted by Crippen LogP contribution is 2.20. The highest BCUT2D eigenvalue weighted by molar-refractivity contribution is 5.94. The van der Waals surface area contributed by atoms with Crippen LogP contribution in [0.25, 0.3) is 10.9 Å². The van der Waals surface area contributed by atoms with Crippen LogP contribution in [0.2, 0.25) is 0 Å². The van der Waals surface area contributed by atoms with E-state index >= 15 is 0 Å². The molecule has 0 atom stereocenters. The molecular weight excluding hydrogens is 214 g/mol. The molecule has 1 saturated heterocycles. The van der Waals surface area contributed by atoms with Crippen LogP contribution in [0.4, 0.5) is 10.6 Å². The van der Waals surface area contributed by atoms with Crippen LogP contribution in [-0.2, 0) is 0 Å². The monoisotopic (exact) mass is 227 g/mol. The van der Waals surface area contributed by atoms with Gasteiger partial charge in [-0.3, -0.25) is 4.90 Å². The molecule has 0 saturated carbocycles. The van der Waals surface area contributed by atoms with Crippen molar-refractivity contribution in [2.75, 3.05) is 25.0 Å². The molecule has 4 heteroatoms. The van der Waals surface area contributed by atoms with E-state index in [4.69, 9.17) is 0 Å². The zero-order valence-corrected chi connectivity index (χ0v) is 9.63. The number of para-hydroxylation sites is 1. The molecule has 0 bridgehead atoms. The van der Waals surface area contributed by atoms with Gasteiger partial charge in [0.2, 0.25) is 0 Å². The van der Waals surface area contributed by atoms with E-state index in [2.05, 4.69) is 4.98 Å². The van der Waals surface area contributed by atoms with Crippen LogP contribution in [0.5, 0.6) is 0 Å².